The fourth-order valence-electron chi connectivity index (χ4n) is 3.14. The van der Waals surface area contributed by atoms with E-state index >= 15 is 0 Å². The molecule has 2 aromatic carbocycles. The highest BCUT2D eigenvalue weighted by Gasteiger charge is 2.60. The van der Waals surface area contributed by atoms with Gasteiger partial charge < -0.3 is 4.74 Å². The SMILES string of the molecule is CSc1ncnn1CC1(c2ccccc2F)OC1c1ccccc1Cl. The molecule has 2 atom stereocenters. The number of rotatable bonds is 5. The number of nitrogens with zero attached hydrogens (tertiary/aromatic N) is 3. The summed E-state index contributed by atoms with van der Waals surface area (Å²) in [5, 5.41) is 5.63. The van der Waals surface area contributed by atoms with Crippen molar-refractivity contribution in [3.8, 4) is 0 Å². The van der Waals surface area contributed by atoms with Crippen LogP contribution in [0.4, 0.5) is 4.39 Å². The van der Waals surface area contributed by atoms with Crippen molar-refractivity contribution in [2.24, 2.45) is 0 Å². The topological polar surface area (TPSA) is 43.2 Å². The molecular weight excluding hydrogens is 361 g/mol. The van der Waals surface area contributed by atoms with Crippen molar-refractivity contribution < 1.29 is 9.13 Å². The van der Waals surface area contributed by atoms with E-state index in [0.717, 1.165) is 10.7 Å². The van der Waals surface area contributed by atoms with Gasteiger partial charge >= 0.3 is 0 Å². The third kappa shape index (κ3) is 2.84. The zero-order valence-electron chi connectivity index (χ0n) is 13.4. The second kappa shape index (κ2) is 6.44. The fraction of sp³-hybridized carbons (Fsp3) is 0.222. The first kappa shape index (κ1) is 16.6. The molecule has 2 unspecified atom stereocenters. The van der Waals surface area contributed by atoms with E-state index in [4.69, 9.17) is 16.3 Å². The molecule has 7 heteroatoms. The lowest BCUT2D eigenvalue weighted by Crippen LogP contribution is -2.22. The molecule has 0 bridgehead atoms. The van der Waals surface area contributed by atoms with Gasteiger partial charge in [0.2, 0.25) is 0 Å². The number of benzene rings is 2. The molecule has 1 aromatic heterocycles. The molecule has 0 aliphatic carbocycles. The largest absolute Gasteiger partial charge is 0.354 e. The molecule has 1 fully saturated rings. The van der Waals surface area contributed by atoms with E-state index in [1.54, 1.807) is 16.8 Å². The van der Waals surface area contributed by atoms with Crippen molar-refractivity contribution in [1.29, 1.82) is 0 Å². The summed E-state index contributed by atoms with van der Waals surface area (Å²) in [5.74, 6) is -0.303. The highest BCUT2D eigenvalue weighted by Crippen LogP contribution is 2.59. The maximum Gasteiger partial charge on any atom is 0.185 e. The van der Waals surface area contributed by atoms with Crippen molar-refractivity contribution in [3.63, 3.8) is 0 Å². The Hall–Kier alpha value is -1.89. The van der Waals surface area contributed by atoms with Gasteiger partial charge in [-0.25, -0.2) is 14.1 Å². The minimum Gasteiger partial charge on any atom is -0.354 e. The normalized spacial score (nSPS) is 22.1. The maximum absolute atomic E-state index is 14.6. The number of thioether (sulfide) groups is 1. The van der Waals surface area contributed by atoms with Gasteiger partial charge in [-0.3, -0.25) is 0 Å². The number of epoxide rings is 1. The van der Waals surface area contributed by atoms with Crippen LogP contribution in [-0.4, -0.2) is 21.0 Å². The van der Waals surface area contributed by atoms with E-state index in [9.17, 15) is 4.39 Å². The first-order valence-electron chi connectivity index (χ1n) is 7.75. The molecular formula is C18H15ClFN3OS. The van der Waals surface area contributed by atoms with Crippen molar-refractivity contribution >= 4 is 23.4 Å². The van der Waals surface area contributed by atoms with Crippen LogP contribution in [0.3, 0.4) is 0 Å². The lowest BCUT2D eigenvalue weighted by atomic mass is 9.91. The molecule has 0 radical (unpaired) electrons. The van der Waals surface area contributed by atoms with Gasteiger partial charge in [-0.2, -0.15) is 5.10 Å². The molecule has 4 nitrogen and oxygen atoms in total. The van der Waals surface area contributed by atoms with Crippen molar-refractivity contribution in [2.45, 2.75) is 23.4 Å². The van der Waals surface area contributed by atoms with Crippen molar-refractivity contribution in [2.75, 3.05) is 6.26 Å². The Balaban J connectivity index is 1.79. The van der Waals surface area contributed by atoms with Crippen LogP contribution in [0.2, 0.25) is 5.02 Å². The quantitative estimate of drug-likeness (QED) is 0.488. The molecule has 0 amide bonds. The summed E-state index contributed by atoms with van der Waals surface area (Å²) in [4.78, 5) is 4.22. The Morgan fingerprint density at radius 3 is 2.76 bits per heavy atom. The van der Waals surface area contributed by atoms with Crippen molar-refractivity contribution in [3.05, 3.63) is 76.8 Å². The number of ether oxygens (including phenoxy) is 1. The molecule has 1 aliphatic heterocycles. The van der Waals surface area contributed by atoms with Gasteiger partial charge in [0.25, 0.3) is 0 Å². The third-order valence-corrected chi connectivity index (χ3v) is 5.38. The molecule has 4 rings (SSSR count). The van der Waals surface area contributed by atoms with Gasteiger partial charge in [0, 0.05) is 16.1 Å². The zero-order chi connectivity index (χ0) is 17.4. The summed E-state index contributed by atoms with van der Waals surface area (Å²) < 4.78 is 22.4. The first-order valence-corrected chi connectivity index (χ1v) is 9.35. The highest BCUT2D eigenvalue weighted by molar-refractivity contribution is 7.98. The standard InChI is InChI=1S/C18H15ClFN3OS/c1-25-17-21-11-22-23(17)10-18(13-7-3-5-9-15(13)20)16(24-18)12-6-2-4-8-14(12)19/h2-9,11,16H,10H2,1H3. The van der Waals surface area contributed by atoms with Crippen LogP contribution in [0, 0.1) is 5.82 Å². The van der Waals surface area contributed by atoms with E-state index in [1.165, 1.54) is 24.2 Å². The zero-order valence-corrected chi connectivity index (χ0v) is 15.0. The molecule has 1 saturated heterocycles. The molecule has 0 spiro atoms. The number of hydrogen-bond acceptors (Lipinski definition) is 4. The van der Waals surface area contributed by atoms with Crippen LogP contribution in [0.5, 0.6) is 0 Å². The Kier molecular flexibility index (Phi) is 4.27. The lowest BCUT2D eigenvalue weighted by Gasteiger charge is -2.16. The highest BCUT2D eigenvalue weighted by atomic mass is 35.5. The minimum absolute atomic E-state index is 0.303. The molecule has 128 valence electrons. The Bertz CT molecular complexity index is 919. The third-order valence-electron chi connectivity index (χ3n) is 4.36. The van der Waals surface area contributed by atoms with Crippen LogP contribution >= 0.6 is 23.4 Å². The number of aromatic nitrogens is 3. The summed E-state index contributed by atoms with van der Waals surface area (Å²) in [5.41, 5.74) is 0.495. The Morgan fingerprint density at radius 1 is 1.24 bits per heavy atom. The summed E-state index contributed by atoms with van der Waals surface area (Å²) in [6, 6.07) is 14.2. The monoisotopic (exact) mass is 375 g/mol. The van der Waals surface area contributed by atoms with Gasteiger partial charge in [0.1, 0.15) is 23.8 Å². The Morgan fingerprint density at radius 2 is 2.00 bits per heavy atom. The summed E-state index contributed by atoms with van der Waals surface area (Å²) in [6.07, 6.45) is 3.08. The second-order valence-corrected chi connectivity index (χ2v) is 6.97. The smallest absolute Gasteiger partial charge is 0.185 e. The van der Waals surface area contributed by atoms with E-state index in [0.29, 0.717) is 17.1 Å². The Labute approximate surface area is 154 Å². The predicted octanol–water partition coefficient (Wildman–Crippen LogP) is 4.46. The van der Waals surface area contributed by atoms with Crippen molar-refractivity contribution in [1.82, 2.24) is 14.8 Å². The minimum atomic E-state index is -0.853. The first-order chi connectivity index (χ1) is 12.2. The number of hydrogen-bond donors (Lipinski definition) is 0. The van der Waals surface area contributed by atoms with Crippen LogP contribution in [-0.2, 0) is 16.9 Å². The molecule has 0 N–H and O–H groups in total. The molecule has 3 aromatic rings. The van der Waals surface area contributed by atoms with Crippen LogP contribution in [0.1, 0.15) is 17.2 Å². The summed E-state index contributed by atoms with van der Waals surface area (Å²) in [6.45, 7) is 0.361. The molecule has 0 saturated carbocycles. The summed E-state index contributed by atoms with van der Waals surface area (Å²) in [7, 11) is 0. The summed E-state index contributed by atoms with van der Waals surface area (Å²) >= 11 is 7.83. The van der Waals surface area contributed by atoms with Crippen LogP contribution < -0.4 is 0 Å². The predicted molar refractivity (Wildman–Crippen MR) is 95.2 cm³/mol. The fourth-order valence-corrected chi connectivity index (χ4v) is 3.85. The number of halogens is 2. The average Bonchev–Trinajstić information content (AvgIpc) is 3.15. The second-order valence-electron chi connectivity index (χ2n) is 5.79. The van der Waals surface area contributed by atoms with E-state index in [1.807, 2.05) is 36.6 Å². The van der Waals surface area contributed by atoms with Gasteiger partial charge in [0.05, 0.1) is 6.54 Å². The van der Waals surface area contributed by atoms with Gasteiger partial charge in [-0.05, 0) is 18.4 Å². The van der Waals surface area contributed by atoms with Crippen LogP contribution in [0.15, 0.2) is 60.0 Å². The average molecular weight is 376 g/mol. The molecule has 25 heavy (non-hydrogen) atoms. The van der Waals surface area contributed by atoms with E-state index < -0.39 is 5.60 Å². The van der Waals surface area contributed by atoms with Crippen LogP contribution in [0.25, 0.3) is 0 Å². The maximum atomic E-state index is 14.6. The van der Waals surface area contributed by atoms with Gasteiger partial charge in [-0.15, -0.1) is 0 Å². The van der Waals surface area contributed by atoms with Gasteiger partial charge in [0.15, 0.2) is 5.16 Å². The van der Waals surface area contributed by atoms with E-state index in [2.05, 4.69) is 10.1 Å². The lowest BCUT2D eigenvalue weighted by molar-refractivity contribution is 0.251. The van der Waals surface area contributed by atoms with Gasteiger partial charge in [-0.1, -0.05) is 59.8 Å². The molecule has 2 heterocycles. The molecule has 1 aliphatic rings. The van der Waals surface area contributed by atoms with E-state index in [-0.39, 0.29) is 11.9 Å².